The van der Waals surface area contributed by atoms with E-state index in [1.165, 1.54) is 0 Å². The smallest absolute Gasteiger partial charge is 0.319 e. The Morgan fingerprint density at radius 3 is 3.06 bits per heavy atom. The molecule has 7 heteroatoms. The van der Waals surface area contributed by atoms with Gasteiger partial charge in [0, 0.05) is 31.9 Å². The molecule has 0 aromatic carbocycles. The number of urea groups is 1. The number of anilines is 1. The monoisotopic (exact) mass is 253 g/mol. The first-order chi connectivity index (χ1) is 8.75. The van der Waals surface area contributed by atoms with E-state index >= 15 is 0 Å². The molecule has 0 unspecified atom stereocenters. The normalized spacial score (nSPS) is 18.3. The fourth-order valence-corrected chi connectivity index (χ4v) is 1.88. The molecule has 1 aromatic heterocycles. The van der Waals surface area contributed by atoms with Crippen molar-refractivity contribution in [2.75, 3.05) is 38.2 Å². The molecular formula is C11H19N5O2. The molecule has 0 aliphatic carbocycles. The Labute approximate surface area is 106 Å². The van der Waals surface area contributed by atoms with Crippen LogP contribution in [0.25, 0.3) is 0 Å². The minimum Gasteiger partial charge on any atom is -0.379 e. The van der Waals surface area contributed by atoms with Gasteiger partial charge in [0.1, 0.15) is 0 Å². The van der Waals surface area contributed by atoms with Gasteiger partial charge in [0.25, 0.3) is 0 Å². The Balaban J connectivity index is 1.68. The maximum atomic E-state index is 11.6. The van der Waals surface area contributed by atoms with Crippen LogP contribution < -0.4 is 10.6 Å². The zero-order chi connectivity index (χ0) is 12.8. The summed E-state index contributed by atoms with van der Waals surface area (Å²) in [7, 11) is 0. The van der Waals surface area contributed by atoms with Gasteiger partial charge in [0.15, 0.2) is 0 Å². The third-order valence-corrected chi connectivity index (χ3v) is 2.98. The van der Waals surface area contributed by atoms with E-state index in [1.807, 2.05) is 0 Å². The number of nitrogens with one attached hydrogen (secondary N) is 3. The van der Waals surface area contributed by atoms with E-state index in [1.54, 1.807) is 12.4 Å². The second-order valence-electron chi connectivity index (χ2n) is 4.32. The Bertz CT molecular complexity index is 362. The van der Waals surface area contributed by atoms with Gasteiger partial charge in [-0.3, -0.25) is 10.00 Å². The molecule has 3 N–H and O–H groups in total. The molecule has 1 aliphatic heterocycles. The quantitative estimate of drug-likeness (QED) is 0.718. The zero-order valence-corrected chi connectivity index (χ0v) is 10.5. The van der Waals surface area contributed by atoms with Crippen LogP contribution in [-0.2, 0) is 4.74 Å². The molecule has 0 bridgehead atoms. The van der Waals surface area contributed by atoms with E-state index in [9.17, 15) is 4.79 Å². The highest BCUT2D eigenvalue weighted by atomic mass is 16.5. The highest BCUT2D eigenvalue weighted by Gasteiger charge is 2.17. The molecule has 2 amide bonds. The van der Waals surface area contributed by atoms with Crippen molar-refractivity contribution >= 4 is 11.7 Å². The second-order valence-corrected chi connectivity index (χ2v) is 4.32. The van der Waals surface area contributed by atoms with Crippen molar-refractivity contribution in [1.82, 2.24) is 20.4 Å². The molecule has 0 spiro atoms. The second kappa shape index (κ2) is 6.36. The Hall–Kier alpha value is -1.60. The van der Waals surface area contributed by atoms with E-state index in [4.69, 9.17) is 4.74 Å². The number of hydrogen-bond acceptors (Lipinski definition) is 4. The minimum absolute atomic E-state index is 0.212. The molecule has 1 aliphatic rings. The zero-order valence-electron chi connectivity index (χ0n) is 10.5. The lowest BCUT2D eigenvalue weighted by Gasteiger charge is -2.32. The van der Waals surface area contributed by atoms with Crippen molar-refractivity contribution in [2.24, 2.45) is 0 Å². The van der Waals surface area contributed by atoms with Gasteiger partial charge in [-0.15, -0.1) is 0 Å². The van der Waals surface area contributed by atoms with Crippen molar-refractivity contribution in [3.63, 3.8) is 0 Å². The van der Waals surface area contributed by atoms with Crippen LogP contribution in [0.2, 0.25) is 0 Å². The molecule has 0 radical (unpaired) electrons. The number of morpholine rings is 1. The Kier molecular flexibility index (Phi) is 4.54. The predicted octanol–water partition coefficient (Wildman–Crippen LogP) is 0.252. The summed E-state index contributed by atoms with van der Waals surface area (Å²) in [5.41, 5.74) is 0.659. The number of aromatic amines is 1. The standard InChI is InChI=1S/C11H19N5O2/c1-9(16-2-4-18-5-3-16)6-12-11(17)15-10-7-13-14-8-10/h7-9H,2-6H2,1H3,(H,13,14)(H2,12,15,17)/t9-/m1/s1. The number of H-pyrrole nitrogens is 1. The summed E-state index contributed by atoms with van der Waals surface area (Å²) in [6, 6.07) is 0.0977. The van der Waals surface area contributed by atoms with Crippen LogP contribution in [-0.4, -0.2) is 60.0 Å². The summed E-state index contributed by atoms with van der Waals surface area (Å²) in [5, 5.41) is 11.9. The number of amides is 2. The van der Waals surface area contributed by atoms with Gasteiger partial charge in [-0.05, 0) is 6.92 Å². The summed E-state index contributed by atoms with van der Waals surface area (Å²) < 4.78 is 5.29. The molecule has 1 fully saturated rings. The summed E-state index contributed by atoms with van der Waals surface area (Å²) in [5.74, 6) is 0. The van der Waals surface area contributed by atoms with Gasteiger partial charge < -0.3 is 15.4 Å². The number of carbonyl (C=O) groups excluding carboxylic acids is 1. The molecule has 1 saturated heterocycles. The van der Waals surface area contributed by atoms with Crippen LogP contribution in [0.4, 0.5) is 10.5 Å². The highest BCUT2D eigenvalue weighted by molar-refractivity contribution is 5.88. The molecule has 18 heavy (non-hydrogen) atoms. The van der Waals surface area contributed by atoms with Crippen molar-refractivity contribution in [2.45, 2.75) is 13.0 Å². The molecule has 1 aromatic rings. The van der Waals surface area contributed by atoms with Crippen LogP contribution in [0, 0.1) is 0 Å². The number of carbonyl (C=O) groups is 1. The summed E-state index contributed by atoms with van der Waals surface area (Å²) >= 11 is 0. The van der Waals surface area contributed by atoms with Gasteiger partial charge in [-0.25, -0.2) is 4.79 Å². The summed E-state index contributed by atoms with van der Waals surface area (Å²) in [6.45, 7) is 6.10. The Morgan fingerprint density at radius 1 is 1.61 bits per heavy atom. The molecule has 100 valence electrons. The van der Waals surface area contributed by atoms with Crippen LogP contribution in [0.5, 0.6) is 0 Å². The third-order valence-electron chi connectivity index (χ3n) is 2.98. The fraction of sp³-hybridized carbons (Fsp3) is 0.636. The minimum atomic E-state index is -0.212. The molecule has 0 saturated carbocycles. The maximum absolute atomic E-state index is 11.6. The SMILES string of the molecule is C[C@H](CNC(=O)Nc1cn[nH]c1)N1CCOCC1. The summed E-state index contributed by atoms with van der Waals surface area (Å²) in [6.07, 6.45) is 3.19. The van der Waals surface area contributed by atoms with Crippen molar-refractivity contribution < 1.29 is 9.53 Å². The highest BCUT2D eigenvalue weighted by Crippen LogP contribution is 2.03. The van der Waals surface area contributed by atoms with Crippen LogP contribution in [0.1, 0.15) is 6.92 Å². The van der Waals surface area contributed by atoms with Gasteiger partial charge >= 0.3 is 6.03 Å². The molecule has 2 heterocycles. The van der Waals surface area contributed by atoms with Gasteiger partial charge in [0.2, 0.25) is 0 Å². The van der Waals surface area contributed by atoms with Crippen LogP contribution >= 0.6 is 0 Å². The molecule has 2 rings (SSSR count). The first-order valence-corrected chi connectivity index (χ1v) is 6.11. The molecule has 7 nitrogen and oxygen atoms in total. The van der Waals surface area contributed by atoms with E-state index < -0.39 is 0 Å². The first-order valence-electron chi connectivity index (χ1n) is 6.11. The number of ether oxygens (including phenoxy) is 1. The number of nitrogens with zero attached hydrogens (tertiary/aromatic N) is 2. The number of hydrogen-bond donors (Lipinski definition) is 3. The summed E-state index contributed by atoms with van der Waals surface area (Å²) in [4.78, 5) is 13.9. The van der Waals surface area contributed by atoms with E-state index in [0.29, 0.717) is 18.3 Å². The van der Waals surface area contributed by atoms with Crippen molar-refractivity contribution in [3.8, 4) is 0 Å². The van der Waals surface area contributed by atoms with Crippen molar-refractivity contribution in [1.29, 1.82) is 0 Å². The third kappa shape index (κ3) is 3.71. The first kappa shape index (κ1) is 12.8. The number of rotatable bonds is 4. The number of aromatic nitrogens is 2. The van der Waals surface area contributed by atoms with Crippen LogP contribution in [0.3, 0.4) is 0 Å². The maximum Gasteiger partial charge on any atom is 0.319 e. The van der Waals surface area contributed by atoms with E-state index in [2.05, 4.69) is 32.7 Å². The topological polar surface area (TPSA) is 82.3 Å². The lowest BCUT2D eigenvalue weighted by molar-refractivity contribution is 0.0209. The Morgan fingerprint density at radius 2 is 2.39 bits per heavy atom. The predicted molar refractivity (Wildman–Crippen MR) is 67.5 cm³/mol. The average Bonchev–Trinajstić information content (AvgIpc) is 2.90. The average molecular weight is 253 g/mol. The molecular weight excluding hydrogens is 234 g/mol. The van der Waals surface area contributed by atoms with Gasteiger partial charge in [-0.2, -0.15) is 5.10 Å². The molecule has 1 atom stereocenters. The van der Waals surface area contributed by atoms with Crippen LogP contribution in [0.15, 0.2) is 12.4 Å². The van der Waals surface area contributed by atoms with E-state index in [-0.39, 0.29) is 6.03 Å². The lowest BCUT2D eigenvalue weighted by atomic mass is 10.2. The van der Waals surface area contributed by atoms with E-state index in [0.717, 1.165) is 26.3 Å². The fourth-order valence-electron chi connectivity index (χ4n) is 1.88. The van der Waals surface area contributed by atoms with Gasteiger partial charge in [0.05, 0.1) is 25.1 Å². The van der Waals surface area contributed by atoms with Crippen molar-refractivity contribution in [3.05, 3.63) is 12.4 Å². The lowest BCUT2D eigenvalue weighted by Crippen LogP contribution is -2.47. The van der Waals surface area contributed by atoms with Gasteiger partial charge in [-0.1, -0.05) is 0 Å². The largest absolute Gasteiger partial charge is 0.379 e.